The van der Waals surface area contributed by atoms with Crippen LogP contribution in [0.15, 0.2) is 61.1 Å². The molecule has 0 atom stereocenters. The SMILES string of the molecule is CN(C(=O)c1cnc(Oc2ccc(OC(F)(F)F)cc2)c(Cl)c1)c1cccnc1. The Balaban J connectivity index is 1.72. The summed E-state index contributed by atoms with van der Waals surface area (Å²) in [5, 5.41) is 0.0612. The predicted molar refractivity (Wildman–Crippen MR) is 99.4 cm³/mol. The van der Waals surface area contributed by atoms with Crippen LogP contribution in [-0.2, 0) is 0 Å². The van der Waals surface area contributed by atoms with Crippen molar-refractivity contribution in [2.45, 2.75) is 6.36 Å². The fraction of sp³-hybridized carbons (Fsp3) is 0.105. The van der Waals surface area contributed by atoms with E-state index >= 15 is 0 Å². The van der Waals surface area contributed by atoms with Crippen molar-refractivity contribution in [1.29, 1.82) is 0 Å². The van der Waals surface area contributed by atoms with Gasteiger partial charge in [-0.15, -0.1) is 13.2 Å². The van der Waals surface area contributed by atoms with Gasteiger partial charge in [0.15, 0.2) is 0 Å². The molecule has 0 saturated carbocycles. The van der Waals surface area contributed by atoms with E-state index in [1.54, 1.807) is 25.4 Å². The fourth-order valence-corrected chi connectivity index (χ4v) is 2.51. The summed E-state index contributed by atoms with van der Waals surface area (Å²) >= 11 is 6.15. The van der Waals surface area contributed by atoms with Crippen molar-refractivity contribution in [3.8, 4) is 17.4 Å². The van der Waals surface area contributed by atoms with Crippen LogP contribution in [0.4, 0.5) is 18.9 Å². The fourth-order valence-electron chi connectivity index (χ4n) is 2.30. The topological polar surface area (TPSA) is 64.6 Å². The van der Waals surface area contributed by atoms with E-state index in [9.17, 15) is 18.0 Å². The number of ether oxygens (including phenoxy) is 2. The van der Waals surface area contributed by atoms with Crippen LogP contribution in [0.3, 0.4) is 0 Å². The average Bonchev–Trinajstić information content (AvgIpc) is 2.69. The molecule has 0 N–H and O–H groups in total. The first-order valence-electron chi connectivity index (χ1n) is 8.10. The normalized spacial score (nSPS) is 11.1. The van der Waals surface area contributed by atoms with Crippen LogP contribution in [-0.4, -0.2) is 29.3 Å². The number of hydrogen-bond acceptors (Lipinski definition) is 5. The molecule has 29 heavy (non-hydrogen) atoms. The van der Waals surface area contributed by atoms with E-state index in [0.717, 1.165) is 12.1 Å². The van der Waals surface area contributed by atoms with E-state index < -0.39 is 6.36 Å². The van der Waals surface area contributed by atoms with Gasteiger partial charge in [-0.3, -0.25) is 9.78 Å². The van der Waals surface area contributed by atoms with Crippen molar-refractivity contribution in [2.24, 2.45) is 0 Å². The molecule has 0 aliphatic rings. The molecule has 1 amide bonds. The maximum Gasteiger partial charge on any atom is 0.573 e. The van der Waals surface area contributed by atoms with Gasteiger partial charge in [-0.1, -0.05) is 11.6 Å². The highest BCUT2D eigenvalue weighted by molar-refractivity contribution is 6.32. The molecule has 1 aromatic carbocycles. The molecule has 6 nitrogen and oxygen atoms in total. The van der Waals surface area contributed by atoms with Crippen LogP contribution >= 0.6 is 11.6 Å². The van der Waals surface area contributed by atoms with Crippen LogP contribution in [0, 0.1) is 0 Å². The lowest BCUT2D eigenvalue weighted by molar-refractivity contribution is -0.274. The standard InChI is InChI=1S/C19H13ClF3N3O3/c1-26(13-3-2-8-24-11-13)18(27)12-9-16(20)17(25-10-12)28-14-4-6-15(7-5-14)29-19(21,22)23/h2-11H,1H3. The molecule has 0 spiro atoms. The third-order valence-electron chi connectivity index (χ3n) is 3.66. The highest BCUT2D eigenvalue weighted by Crippen LogP contribution is 2.30. The van der Waals surface area contributed by atoms with Crippen LogP contribution in [0.25, 0.3) is 0 Å². The lowest BCUT2D eigenvalue weighted by Gasteiger charge is -2.17. The second-order valence-corrected chi connectivity index (χ2v) is 6.11. The molecule has 10 heteroatoms. The molecular formula is C19H13ClF3N3O3. The smallest absolute Gasteiger partial charge is 0.438 e. The molecule has 0 aliphatic heterocycles. The Morgan fingerprint density at radius 2 is 1.79 bits per heavy atom. The van der Waals surface area contributed by atoms with Gasteiger partial charge in [0.25, 0.3) is 5.91 Å². The van der Waals surface area contributed by atoms with Gasteiger partial charge in [0, 0.05) is 19.4 Å². The highest BCUT2D eigenvalue weighted by Gasteiger charge is 2.31. The number of amides is 1. The van der Waals surface area contributed by atoms with Crippen molar-refractivity contribution in [3.05, 3.63) is 71.6 Å². The predicted octanol–water partition coefficient (Wildman–Crippen LogP) is 5.10. The van der Waals surface area contributed by atoms with Crippen LogP contribution in [0.1, 0.15) is 10.4 Å². The zero-order valence-electron chi connectivity index (χ0n) is 14.9. The third kappa shape index (κ3) is 5.35. The Morgan fingerprint density at radius 1 is 1.10 bits per heavy atom. The lowest BCUT2D eigenvalue weighted by Crippen LogP contribution is -2.26. The van der Waals surface area contributed by atoms with Crippen molar-refractivity contribution in [3.63, 3.8) is 0 Å². The number of carbonyl (C=O) groups is 1. The number of aromatic nitrogens is 2. The van der Waals surface area contributed by atoms with Crippen LogP contribution in [0.2, 0.25) is 5.02 Å². The number of nitrogens with zero attached hydrogens (tertiary/aromatic N) is 3. The first kappa shape index (κ1) is 20.4. The Bertz CT molecular complexity index is 999. The minimum atomic E-state index is -4.78. The molecular weight excluding hydrogens is 411 g/mol. The Hall–Kier alpha value is -3.33. The first-order chi connectivity index (χ1) is 13.7. The molecule has 0 bridgehead atoms. The van der Waals surface area contributed by atoms with Gasteiger partial charge in [0.2, 0.25) is 5.88 Å². The number of anilines is 1. The number of halogens is 4. The van der Waals surface area contributed by atoms with Crippen LogP contribution < -0.4 is 14.4 Å². The largest absolute Gasteiger partial charge is 0.573 e. The quantitative estimate of drug-likeness (QED) is 0.571. The Labute approximate surface area is 168 Å². The van der Waals surface area contributed by atoms with Crippen LogP contribution in [0.5, 0.6) is 17.4 Å². The summed E-state index contributed by atoms with van der Waals surface area (Å²) in [6.45, 7) is 0. The minimum absolute atomic E-state index is 0.00302. The number of hydrogen-bond donors (Lipinski definition) is 0. The van der Waals surface area contributed by atoms with Crippen molar-refractivity contribution >= 4 is 23.2 Å². The van der Waals surface area contributed by atoms with E-state index in [2.05, 4.69) is 14.7 Å². The third-order valence-corrected chi connectivity index (χ3v) is 3.93. The maximum atomic E-state index is 12.6. The summed E-state index contributed by atoms with van der Waals surface area (Å²) in [5.41, 5.74) is 0.817. The zero-order valence-corrected chi connectivity index (χ0v) is 15.6. The zero-order chi connectivity index (χ0) is 21.0. The van der Waals surface area contributed by atoms with E-state index in [4.69, 9.17) is 16.3 Å². The molecule has 3 rings (SSSR count). The number of rotatable bonds is 5. The number of alkyl halides is 3. The molecule has 2 heterocycles. The van der Waals surface area contributed by atoms with E-state index in [1.165, 1.54) is 35.5 Å². The monoisotopic (exact) mass is 423 g/mol. The summed E-state index contributed by atoms with van der Waals surface area (Å²) in [4.78, 5) is 21.9. The Morgan fingerprint density at radius 3 is 2.38 bits per heavy atom. The number of carbonyl (C=O) groups excluding carboxylic acids is 1. The van der Waals surface area contributed by atoms with E-state index in [1.807, 2.05) is 0 Å². The molecule has 0 radical (unpaired) electrons. The summed E-state index contributed by atoms with van der Waals surface area (Å²) < 4.78 is 45.8. The van der Waals surface area contributed by atoms with Crippen molar-refractivity contribution in [1.82, 2.24) is 9.97 Å². The second kappa shape index (κ2) is 8.36. The summed E-state index contributed by atoms with van der Waals surface area (Å²) in [5.74, 6) is -0.548. The average molecular weight is 424 g/mol. The van der Waals surface area contributed by atoms with Gasteiger partial charge in [-0.2, -0.15) is 0 Å². The van der Waals surface area contributed by atoms with Crippen molar-refractivity contribution in [2.75, 3.05) is 11.9 Å². The van der Waals surface area contributed by atoms with Gasteiger partial charge in [0.1, 0.15) is 16.5 Å². The van der Waals surface area contributed by atoms with Gasteiger partial charge < -0.3 is 14.4 Å². The number of pyridine rings is 2. The molecule has 2 aromatic heterocycles. The van der Waals surface area contributed by atoms with Gasteiger partial charge in [0.05, 0.1) is 17.4 Å². The first-order valence-corrected chi connectivity index (χ1v) is 8.48. The molecule has 0 aliphatic carbocycles. The molecule has 3 aromatic rings. The summed E-state index contributed by atoms with van der Waals surface area (Å²) in [6.07, 6.45) is -0.360. The van der Waals surface area contributed by atoms with Gasteiger partial charge >= 0.3 is 6.36 Å². The minimum Gasteiger partial charge on any atom is -0.438 e. The van der Waals surface area contributed by atoms with Crippen molar-refractivity contribution < 1.29 is 27.4 Å². The molecule has 0 unspecified atom stereocenters. The molecule has 0 fully saturated rings. The van der Waals surface area contributed by atoms with E-state index in [-0.39, 0.29) is 33.9 Å². The van der Waals surface area contributed by atoms with Gasteiger partial charge in [-0.25, -0.2) is 4.98 Å². The van der Waals surface area contributed by atoms with Gasteiger partial charge in [-0.05, 0) is 42.5 Å². The molecule has 0 saturated heterocycles. The lowest BCUT2D eigenvalue weighted by atomic mass is 10.2. The summed E-state index contributed by atoms with van der Waals surface area (Å²) in [7, 11) is 1.59. The Kier molecular flexibility index (Phi) is 5.88. The molecule has 150 valence electrons. The second-order valence-electron chi connectivity index (χ2n) is 5.71. The van der Waals surface area contributed by atoms with E-state index in [0.29, 0.717) is 5.69 Å². The number of benzene rings is 1. The summed E-state index contributed by atoms with van der Waals surface area (Å²) in [6, 6.07) is 9.55. The highest BCUT2D eigenvalue weighted by atomic mass is 35.5. The maximum absolute atomic E-state index is 12.6.